The quantitative estimate of drug-likeness (QED) is 0.771. The highest BCUT2D eigenvalue weighted by atomic mass is 15.3. The van der Waals surface area contributed by atoms with Crippen LogP contribution in [0.4, 0.5) is 5.82 Å². The van der Waals surface area contributed by atoms with Gasteiger partial charge in [0.25, 0.3) is 0 Å². The first kappa shape index (κ1) is 13.8. The predicted molar refractivity (Wildman–Crippen MR) is 75.1 cm³/mol. The molecule has 19 heavy (non-hydrogen) atoms. The van der Waals surface area contributed by atoms with Crippen LogP contribution in [0.15, 0.2) is 6.07 Å². The Morgan fingerprint density at radius 1 is 1.26 bits per heavy atom. The average Bonchev–Trinajstić information content (AvgIpc) is 2.39. The SMILES string of the molecule is Cc1cc(N2CCN(CC#N)CC2)nc(C(C)C)n1. The van der Waals surface area contributed by atoms with E-state index in [-0.39, 0.29) is 0 Å². The summed E-state index contributed by atoms with van der Waals surface area (Å²) < 4.78 is 0. The van der Waals surface area contributed by atoms with Crippen molar-refractivity contribution in [1.29, 1.82) is 5.26 Å². The number of hydrogen-bond donors (Lipinski definition) is 0. The molecule has 5 heteroatoms. The summed E-state index contributed by atoms with van der Waals surface area (Å²) in [5.74, 6) is 2.28. The number of piperazine rings is 1. The molecule has 1 fully saturated rings. The molecule has 5 nitrogen and oxygen atoms in total. The second-order valence-corrected chi connectivity index (χ2v) is 5.30. The molecule has 0 aliphatic carbocycles. The van der Waals surface area contributed by atoms with Gasteiger partial charge in [0, 0.05) is 43.9 Å². The fourth-order valence-corrected chi connectivity index (χ4v) is 2.23. The highest BCUT2D eigenvalue weighted by molar-refractivity contribution is 5.40. The lowest BCUT2D eigenvalue weighted by molar-refractivity contribution is 0.286. The Labute approximate surface area is 114 Å². The van der Waals surface area contributed by atoms with Crippen LogP contribution in [0.25, 0.3) is 0 Å². The maximum Gasteiger partial charge on any atom is 0.133 e. The maximum atomic E-state index is 8.71. The molecular weight excluding hydrogens is 238 g/mol. The van der Waals surface area contributed by atoms with Crippen LogP contribution in [0.2, 0.25) is 0 Å². The Morgan fingerprint density at radius 2 is 1.95 bits per heavy atom. The molecule has 0 saturated carbocycles. The minimum absolute atomic E-state index is 0.346. The molecule has 1 aromatic rings. The van der Waals surface area contributed by atoms with Gasteiger partial charge in [-0.15, -0.1) is 0 Å². The minimum atomic E-state index is 0.346. The lowest BCUT2D eigenvalue weighted by Gasteiger charge is -2.34. The van der Waals surface area contributed by atoms with E-state index in [1.54, 1.807) is 0 Å². The van der Waals surface area contributed by atoms with Crippen molar-refractivity contribution in [2.24, 2.45) is 0 Å². The topological polar surface area (TPSA) is 56.0 Å². The molecule has 0 atom stereocenters. The molecule has 0 spiro atoms. The van der Waals surface area contributed by atoms with Gasteiger partial charge in [0.2, 0.25) is 0 Å². The molecule has 0 bridgehead atoms. The summed E-state index contributed by atoms with van der Waals surface area (Å²) in [7, 11) is 0. The van der Waals surface area contributed by atoms with Crippen molar-refractivity contribution in [3.05, 3.63) is 17.6 Å². The van der Waals surface area contributed by atoms with Crippen LogP contribution in [-0.2, 0) is 0 Å². The van der Waals surface area contributed by atoms with E-state index in [1.165, 1.54) is 0 Å². The van der Waals surface area contributed by atoms with Crippen molar-refractivity contribution < 1.29 is 0 Å². The molecule has 1 aromatic heterocycles. The number of rotatable bonds is 3. The summed E-state index contributed by atoms with van der Waals surface area (Å²) in [6, 6.07) is 4.25. The van der Waals surface area contributed by atoms with E-state index in [9.17, 15) is 0 Å². The van der Waals surface area contributed by atoms with Gasteiger partial charge in [-0.25, -0.2) is 9.97 Å². The van der Waals surface area contributed by atoms with Crippen molar-refractivity contribution in [2.45, 2.75) is 26.7 Å². The number of anilines is 1. The first-order valence-corrected chi connectivity index (χ1v) is 6.80. The lowest BCUT2D eigenvalue weighted by atomic mass is 10.2. The predicted octanol–water partition coefficient (Wildman–Crippen LogP) is 1.55. The fourth-order valence-electron chi connectivity index (χ4n) is 2.23. The standard InChI is InChI=1S/C14H21N5/c1-11(2)14-16-12(3)10-13(17-14)19-8-6-18(5-4-15)7-9-19/h10-11H,5-9H2,1-3H3. The largest absolute Gasteiger partial charge is 0.354 e. The molecular formula is C14H21N5. The Kier molecular flexibility index (Phi) is 4.33. The Hall–Kier alpha value is -1.67. The zero-order chi connectivity index (χ0) is 13.8. The van der Waals surface area contributed by atoms with E-state index in [4.69, 9.17) is 5.26 Å². The van der Waals surface area contributed by atoms with Gasteiger partial charge in [0.15, 0.2) is 0 Å². The second-order valence-electron chi connectivity index (χ2n) is 5.30. The van der Waals surface area contributed by atoms with Crippen molar-refractivity contribution in [1.82, 2.24) is 14.9 Å². The van der Waals surface area contributed by atoms with Gasteiger partial charge in [0.1, 0.15) is 11.6 Å². The summed E-state index contributed by atoms with van der Waals surface area (Å²) in [6.07, 6.45) is 0. The van der Waals surface area contributed by atoms with Gasteiger partial charge < -0.3 is 4.90 Å². The van der Waals surface area contributed by atoms with Crippen LogP contribution >= 0.6 is 0 Å². The highest BCUT2D eigenvalue weighted by Crippen LogP contribution is 2.18. The highest BCUT2D eigenvalue weighted by Gasteiger charge is 2.18. The smallest absolute Gasteiger partial charge is 0.133 e. The molecule has 2 heterocycles. The van der Waals surface area contributed by atoms with Crippen molar-refractivity contribution in [3.8, 4) is 6.07 Å². The number of aromatic nitrogens is 2. The Balaban J connectivity index is 2.09. The van der Waals surface area contributed by atoms with E-state index in [1.807, 2.05) is 13.0 Å². The van der Waals surface area contributed by atoms with Crippen molar-refractivity contribution in [2.75, 3.05) is 37.6 Å². The molecule has 0 N–H and O–H groups in total. The average molecular weight is 259 g/mol. The molecule has 0 aromatic carbocycles. The monoisotopic (exact) mass is 259 g/mol. The molecule has 0 unspecified atom stereocenters. The van der Waals surface area contributed by atoms with Crippen LogP contribution in [0, 0.1) is 18.3 Å². The van der Waals surface area contributed by atoms with Crippen LogP contribution in [0.5, 0.6) is 0 Å². The summed E-state index contributed by atoms with van der Waals surface area (Å²) in [5, 5.41) is 8.71. The Bertz CT molecular complexity index is 469. The van der Waals surface area contributed by atoms with E-state index in [0.29, 0.717) is 12.5 Å². The van der Waals surface area contributed by atoms with Gasteiger partial charge in [-0.3, -0.25) is 4.90 Å². The number of nitriles is 1. The fraction of sp³-hybridized carbons (Fsp3) is 0.643. The van der Waals surface area contributed by atoms with Crippen molar-refractivity contribution >= 4 is 5.82 Å². The molecule has 0 amide bonds. The van der Waals surface area contributed by atoms with Crippen LogP contribution in [-0.4, -0.2) is 47.6 Å². The summed E-state index contributed by atoms with van der Waals surface area (Å²) in [4.78, 5) is 13.6. The summed E-state index contributed by atoms with van der Waals surface area (Å²) in [6.45, 7) is 10.5. The summed E-state index contributed by atoms with van der Waals surface area (Å²) >= 11 is 0. The molecule has 2 rings (SSSR count). The molecule has 1 aliphatic rings. The van der Waals surface area contributed by atoms with Crippen LogP contribution in [0.3, 0.4) is 0 Å². The van der Waals surface area contributed by atoms with Gasteiger partial charge in [-0.05, 0) is 6.92 Å². The third kappa shape index (κ3) is 3.42. The maximum absolute atomic E-state index is 8.71. The van der Waals surface area contributed by atoms with Crippen LogP contribution < -0.4 is 4.90 Å². The van der Waals surface area contributed by atoms with E-state index >= 15 is 0 Å². The molecule has 1 saturated heterocycles. The molecule has 102 valence electrons. The Morgan fingerprint density at radius 3 is 2.53 bits per heavy atom. The normalized spacial score (nSPS) is 16.7. The summed E-state index contributed by atoms with van der Waals surface area (Å²) in [5.41, 5.74) is 1.02. The number of nitrogens with zero attached hydrogens (tertiary/aromatic N) is 5. The number of aryl methyl sites for hydroxylation is 1. The van der Waals surface area contributed by atoms with Crippen LogP contribution in [0.1, 0.15) is 31.3 Å². The first-order valence-electron chi connectivity index (χ1n) is 6.80. The zero-order valence-electron chi connectivity index (χ0n) is 11.9. The van der Waals surface area contributed by atoms with Crippen molar-refractivity contribution in [3.63, 3.8) is 0 Å². The lowest BCUT2D eigenvalue weighted by Crippen LogP contribution is -2.46. The van der Waals surface area contributed by atoms with Gasteiger partial charge in [-0.2, -0.15) is 5.26 Å². The molecule has 0 radical (unpaired) electrons. The van der Waals surface area contributed by atoms with Gasteiger partial charge in [0.05, 0.1) is 12.6 Å². The van der Waals surface area contributed by atoms with Gasteiger partial charge >= 0.3 is 0 Å². The zero-order valence-corrected chi connectivity index (χ0v) is 11.9. The second kappa shape index (κ2) is 5.98. The van der Waals surface area contributed by atoms with E-state index < -0.39 is 0 Å². The van der Waals surface area contributed by atoms with Gasteiger partial charge in [-0.1, -0.05) is 13.8 Å². The van der Waals surface area contributed by atoms with E-state index in [0.717, 1.165) is 43.5 Å². The third-order valence-corrected chi connectivity index (χ3v) is 3.36. The third-order valence-electron chi connectivity index (χ3n) is 3.36. The number of hydrogen-bond acceptors (Lipinski definition) is 5. The minimum Gasteiger partial charge on any atom is -0.354 e. The van der Waals surface area contributed by atoms with E-state index in [2.05, 4.69) is 39.7 Å². The first-order chi connectivity index (χ1) is 9.10. The molecule has 1 aliphatic heterocycles.